The van der Waals surface area contributed by atoms with Gasteiger partial charge in [0.2, 0.25) is 11.8 Å². The molecule has 0 fully saturated rings. The van der Waals surface area contributed by atoms with Gasteiger partial charge in [-0.05, 0) is 79.4 Å². The van der Waals surface area contributed by atoms with Crippen LogP contribution in [0.2, 0.25) is 5.02 Å². The van der Waals surface area contributed by atoms with Gasteiger partial charge in [-0.3, -0.25) is 13.9 Å². The minimum Gasteiger partial charge on any atom is -0.497 e. The van der Waals surface area contributed by atoms with Gasteiger partial charge in [0.25, 0.3) is 10.0 Å². The number of sulfonamides is 1. The number of methoxy groups -OCH3 is 1. The number of hydrogen-bond acceptors (Lipinski definition) is 5. The van der Waals surface area contributed by atoms with Crippen LogP contribution in [-0.4, -0.2) is 51.4 Å². The normalized spacial score (nSPS) is 11.9. The van der Waals surface area contributed by atoms with Crippen LogP contribution < -0.4 is 14.4 Å². The third-order valence-electron chi connectivity index (χ3n) is 6.67. The number of unbranched alkanes of at least 4 members (excludes halogenated alkanes) is 1. The first kappa shape index (κ1) is 32.0. The van der Waals surface area contributed by atoms with Gasteiger partial charge in [0.1, 0.15) is 18.3 Å². The van der Waals surface area contributed by atoms with Crippen molar-refractivity contribution in [1.82, 2.24) is 10.2 Å². The van der Waals surface area contributed by atoms with Gasteiger partial charge in [-0.2, -0.15) is 0 Å². The molecular weight excluding hydrogens is 562 g/mol. The molecule has 0 aliphatic heterocycles. The van der Waals surface area contributed by atoms with Crippen molar-refractivity contribution < 1.29 is 22.7 Å². The lowest BCUT2D eigenvalue weighted by molar-refractivity contribution is -0.140. The molecule has 0 unspecified atom stereocenters. The summed E-state index contributed by atoms with van der Waals surface area (Å²) in [6.45, 7) is 5.80. The third-order valence-corrected chi connectivity index (χ3v) is 8.71. The monoisotopic (exact) mass is 599 g/mol. The Kier molecular flexibility index (Phi) is 11.6. The zero-order valence-corrected chi connectivity index (χ0v) is 25.5. The van der Waals surface area contributed by atoms with E-state index in [-0.39, 0.29) is 17.3 Å². The number of benzene rings is 3. The highest BCUT2D eigenvalue weighted by molar-refractivity contribution is 7.92. The van der Waals surface area contributed by atoms with Gasteiger partial charge in [-0.25, -0.2) is 8.42 Å². The fourth-order valence-corrected chi connectivity index (χ4v) is 5.97. The molecule has 1 N–H and O–H groups in total. The molecule has 0 saturated heterocycles. The van der Waals surface area contributed by atoms with E-state index in [0.29, 0.717) is 29.4 Å². The Balaban J connectivity index is 2.04. The summed E-state index contributed by atoms with van der Waals surface area (Å²) >= 11 is 6.01. The van der Waals surface area contributed by atoms with E-state index < -0.39 is 28.5 Å². The quantitative estimate of drug-likeness (QED) is 0.244. The van der Waals surface area contributed by atoms with Crippen molar-refractivity contribution in [2.24, 2.45) is 0 Å². The first-order valence-corrected chi connectivity index (χ1v) is 15.5. The summed E-state index contributed by atoms with van der Waals surface area (Å²) in [6, 6.07) is 19.2. The number of rotatable bonds is 14. The molecule has 0 bridgehead atoms. The number of nitrogens with one attached hydrogen (secondary N) is 1. The molecule has 0 heterocycles. The number of aryl methyl sites for hydroxylation is 1. The Morgan fingerprint density at radius 1 is 1.00 bits per heavy atom. The summed E-state index contributed by atoms with van der Waals surface area (Å²) in [4.78, 5) is 28.9. The Hall–Kier alpha value is -3.56. The SMILES string of the molecule is CCCCNC(=O)[C@@H](CC)N(Cc1cccc(OC)c1)C(=O)CN(c1cccc(C)c1)S(=O)(=O)c1ccc(Cl)cc1. The van der Waals surface area contributed by atoms with Gasteiger partial charge in [-0.1, -0.05) is 56.1 Å². The summed E-state index contributed by atoms with van der Waals surface area (Å²) in [5.41, 5.74) is 1.93. The van der Waals surface area contributed by atoms with Gasteiger partial charge in [0.15, 0.2) is 0 Å². The molecule has 0 aromatic heterocycles. The van der Waals surface area contributed by atoms with E-state index in [1.54, 1.807) is 37.4 Å². The lowest BCUT2D eigenvalue weighted by Gasteiger charge is -2.33. The Morgan fingerprint density at radius 3 is 2.34 bits per heavy atom. The molecule has 3 rings (SSSR count). The summed E-state index contributed by atoms with van der Waals surface area (Å²) in [6.07, 6.45) is 2.08. The van der Waals surface area contributed by atoms with E-state index in [1.807, 2.05) is 39.0 Å². The van der Waals surface area contributed by atoms with Crippen LogP contribution in [0.15, 0.2) is 77.7 Å². The topological polar surface area (TPSA) is 96.0 Å². The highest BCUT2D eigenvalue weighted by atomic mass is 35.5. The van der Waals surface area contributed by atoms with Crippen molar-refractivity contribution in [3.63, 3.8) is 0 Å². The van der Waals surface area contributed by atoms with Crippen molar-refractivity contribution in [2.45, 2.75) is 57.5 Å². The van der Waals surface area contributed by atoms with E-state index in [0.717, 1.165) is 28.3 Å². The number of ether oxygens (including phenoxy) is 1. The van der Waals surface area contributed by atoms with Crippen molar-refractivity contribution in [3.05, 3.63) is 88.9 Å². The molecule has 0 aliphatic carbocycles. The molecule has 0 spiro atoms. The molecule has 0 saturated carbocycles. The predicted molar refractivity (Wildman–Crippen MR) is 163 cm³/mol. The molecule has 0 aliphatic rings. The van der Waals surface area contributed by atoms with Crippen molar-refractivity contribution in [1.29, 1.82) is 0 Å². The number of halogens is 1. The van der Waals surface area contributed by atoms with Crippen LogP contribution in [0.5, 0.6) is 5.75 Å². The highest BCUT2D eigenvalue weighted by Gasteiger charge is 2.33. The zero-order valence-electron chi connectivity index (χ0n) is 24.0. The van der Waals surface area contributed by atoms with Crippen LogP contribution in [0, 0.1) is 6.92 Å². The predicted octanol–water partition coefficient (Wildman–Crippen LogP) is 5.58. The van der Waals surface area contributed by atoms with E-state index in [9.17, 15) is 18.0 Å². The number of carbonyl (C=O) groups is 2. The molecule has 10 heteroatoms. The van der Waals surface area contributed by atoms with Crippen LogP contribution in [0.1, 0.15) is 44.2 Å². The molecule has 41 heavy (non-hydrogen) atoms. The first-order chi connectivity index (χ1) is 19.6. The maximum atomic E-state index is 14.1. The van der Waals surface area contributed by atoms with Crippen molar-refractivity contribution in [2.75, 3.05) is 24.5 Å². The maximum absolute atomic E-state index is 14.1. The minimum atomic E-state index is -4.16. The number of nitrogens with zero attached hydrogens (tertiary/aromatic N) is 2. The molecule has 0 radical (unpaired) electrons. The van der Waals surface area contributed by atoms with Crippen LogP contribution in [0.25, 0.3) is 0 Å². The van der Waals surface area contributed by atoms with E-state index in [1.165, 1.54) is 29.2 Å². The summed E-state index contributed by atoms with van der Waals surface area (Å²) in [7, 11) is -2.61. The van der Waals surface area contributed by atoms with Gasteiger partial charge in [0, 0.05) is 18.1 Å². The second kappa shape index (κ2) is 14.9. The van der Waals surface area contributed by atoms with Gasteiger partial charge >= 0.3 is 0 Å². The van der Waals surface area contributed by atoms with E-state index >= 15 is 0 Å². The minimum absolute atomic E-state index is 0.0000907. The Labute approximate surface area is 248 Å². The number of carbonyl (C=O) groups excluding carboxylic acids is 2. The summed E-state index contributed by atoms with van der Waals surface area (Å²) in [5.74, 6) is -0.175. The van der Waals surface area contributed by atoms with Crippen LogP contribution >= 0.6 is 11.6 Å². The first-order valence-electron chi connectivity index (χ1n) is 13.7. The molecule has 220 valence electrons. The molecular formula is C31H38ClN3O5S. The number of hydrogen-bond donors (Lipinski definition) is 1. The second-order valence-electron chi connectivity index (χ2n) is 9.75. The van der Waals surface area contributed by atoms with Crippen LogP contribution in [0.4, 0.5) is 5.69 Å². The van der Waals surface area contributed by atoms with Crippen molar-refractivity contribution >= 4 is 39.1 Å². The largest absolute Gasteiger partial charge is 0.497 e. The molecule has 3 aromatic rings. The Morgan fingerprint density at radius 2 is 1.71 bits per heavy atom. The summed E-state index contributed by atoms with van der Waals surface area (Å²) < 4.78 is 34.3. The van der Waals surface area contributed by atoms with E-state index in [4.69, 9.17) is 16.3 Å². The van der Waals surface area contributed by atoms with Crippen LogP contribution in [-0.2, 0) is 26.2 Å². The average molecular weight is 600 g/mol. The standard InChI is InChI=1S/C31H38ClN3O5S/c1-5-7-18-33-31(37)29(6-2)34(21-24-11-9-13-27(20-24)40-4)30(36)22-35(26-12-8-10-23(3)19-26)41(38,39)28-16-14-25(32)15-17-28/h8-17,19-20,29H,5-7,18,21-22H2,1-4H3,(H,33,37)/t29-/m1/s1. The smallest absolute Gasteiger partial charge is 0.264 e. The summed E-state index contributed by atoms with van der Waals surface area (Å²) in [5, 5.41) is 3.33. The fourth-order valence-electron chi connectivity index (χ4n) is 4.44. The number of amides is 2. The highest BCUT2D eigenvalue weighted by Crippen LogP contribution is 2.27. The van der Waals surface area contributed by atoms with Crippen molar-refractivity contribution in [3.8, 4) is 5.75 Å². The average Bonchev–Trinajstić information content (AvgIpc) is 2.96. The maximum Gasteiger partial charge on any atom is 0.264 e. The third kappa shape index (κ3) is 8.47. The molecule has 1 atom stereocenters. The second-order valence-corrected chi connectivity index (χ2v) is 12.0. The molecule has 2 amide bonds. The van der Waals surface area contributed by atoms with Crippen LogP contribution in [0.3, 0.4) is 0 Å². The fraction of sp³-hybridized carbons (Fsp3) is 0.355. The van der Waals surface area contributed by atoms with E-state index in [2.05, 4.69) is 5.32 Å². The lowest BCUT2D eigenvalue weighted by atomic mass is 10.1. The van der Waals surface area contributed by atoms with Gasteiger partial charge in [0.05, 0.1) is 17.7 Å². The van der Waals surface area contributed by atoms with Gasteiger partial charge < -0.3 is 15.0 Å². The lowest BCUT2D eigenvalue weighted by Crippen LogP contribution is -2.52. The molecule has 3 aromatic carbocycles. The van der Waals surface area contributed by atoms with Gasteiger partial charge in [-0.15, -0.1) is 0 Å². The Bertz CT molecular complexity index is 1430. The molecule has 8 nitrogen and oxygen atoms in total. The number of anilines is 1. The zero-order chi connectivity index (χ0) is 30.0.